The molecule has 0 heterocycles. The third-order valence-electron chi connectivity index (χ3n) is 1.76. The number of halogens is 3. The summed E-state index contributed by atoms with van der Waals surface area (Å²) in [7, 11) is 0. The van der Waals surface area contributed by atoms with E-state index < -0.39 is 12.6 Å². The first-order valence-corrected chi connectivity index (χ1v) is 5.39. The number of rotatable bonds is 7. The minimum absolute atomic E-state index is 0.158. The number of alkyl halides is 3. The van der Waals surface area contributed by atoms with Crippen molar-refractivity contribution >= 4 is 5.96 Å². The van der Waals surface area contributed by atoms with Crippen LogP contribution in [0.2, 0.25) is 0 Å². The standard InChI is InChI=1S/C9H19F3N4O/c1-2-17-7-3-5-14-8(16-13)15-6-4-9(10,11)12/h2-7,13H2,1H3,(H2,14,15,16). The fourth-order valence-corrected chi connectivity index (χ4v) is 0.977. The smallest absolute Gasteiger partial charge is 0.382 e. The lowest BCUT2D eigenvalue weighted by Crippen LogP contribution is -2.42. The fraction of sp³-hybridized carbons (Fsp3) is 0.889. The van der Waals surface area contributed by atoms with Gasteiger partial charge in [0.05, 0.1) is 6.42 Å². The lowest BCUT2D eigenvalue weighted by Gasteiger charge is -2.10. The Labute approximate surface area is 98.6 Å². The first-order chi connectivity index (χ1) is 7.99. The molecule has 0 rings (SSSR count). The van der Waals surface area contributed by atoms with E-state index in [0.717, 1.165) is 0 Å². The van der Waals surface area contributed by atoms with E-state index in [0.29, 0.717) is 26.2 Å². The lowest BCUT2D eigenvalue weighted by molar-refractivity contribution is -0.132. The zero-order chi connectivity index (χ0) is 13.1. The second-order valence-corrected chi connectivity index (χ2v) is 3.22. The van der Waals surface area contributed by atoms with Crippen molar-refractivity contribution in [1.82, 2.24) is 10.7 Å². The van der Waals surface area contributed by atoms with Crippen molar-refractivity contribution in [3.8, 4) is 0 Å². The molecule has 0 aliphatic carbocycles. The van der Waals surface area contributed by atoms with Gasteiger partial charge < -0.3 is 10.1 Å². The van der Waals surface area contributed by atoms with Crippen LogP contribution in [0.1, 0.15) is 19.8 Å². The average molecular weight is 256 g/mol. The van der Waals surface area contributed by atoms with Gasteiger partial charge in [0.1, 0.15) is 0 Å². The van der Waals surface area contributed by atoms with Gasteiger partial charge in [0.2, 0.25) is 5.96 Å². The summed E-state index contributed by atoms with van der Waals surface area (Å²) in [4.78, 5) is 3.96. The molecule has 17 heavy (non-hydrogen) atoms. The minimum atomic E-state index is -4.18. The topological polar surface area (TPSA) is 71.7 Å². The molecule has 0 atom stereocenters. The summed E-state index contributed by atoms with van der Waals surface area (Å²) in [5.74, 6) is 5.27. The van der Waals surface area contributed by atoms with Crippen molar-refractivity contribution in [3.63, 3.8) is 0 Å². The fourth-order valence-electron chi connectivity index (χ4n) is 0.977. The number of guanidine groups is 1. The van der Waals surface area contributed by atoms with Gasteiger partial charge in [-0.15, -0.1) is 0 Å². The first kappa shape index (κ1) is 16.0. The van der Waals surface area contributed by atoms with Crippen LogP contribution >= 0.6 is 0 Å². The molecule has 8 heteroatoms. The third-order valence-corrected chi connectivity index (χ3v) is 1.76. The van der Waals surface area contributed by atoms with Crippen molar-refractivity contribution in [2.75, 3.05) is 26.3 Å². The Morgan fingerprint density at radius 2 is 2.12 bits per heavy atom. The summed E-state index contributed by atoms with van der Waals surface area (Å²) in [5.41, 5.74) is 2.21. The van der Waals surface area contributed by atoms with E-state index in [1.165, 1.54) is 0 Å². The van der Waals surface area contributed by atoms with Crippen LogP contribution in [-0.2, 0) is 4.74 Å². The van der Waals surface area contributed by atoms with Gasteiger partial charge in [-0.3, -0.25) is 10.4 Å². The number of hydrazine groups is 1. The Morgan fingerprint density at radius 3 is 2.65 bits per heavy atom. The largest absolute Gasteiger partial charge is 0.390 e. The average Bonchev–Trinajstić information content (AvgIpc) is 2.25. The number of nitrogens with one attached hydrogen (secondary N) is 2. The van der Waals surface area contributed by atoms with Gasteiger partial charge >= 0.3 is 6.18 Å². The zero-order valence-corrected chi connectivity index (χ0v) is 9.81. The summed E-state index contributed by atoms with van der Waals surface area (Å²) in [6.07, 6.45) is -4.41. The van der Waals surface area contributed by atoms with Gasteiger partial charge in [0, 0.05) is 26.3 Å². The highest BCUT2D eigenvalue weighted by atomic mass is 19.4. The van der Waals surface area contributed by atoms with Crippen LogP contribution in [0, 0.1) is 0 Å². The van der Waals surface area contributed by atoms with Gasteiger partial charge in [0.15, 0.2) is 0 Å². The number of hydrogen-bond donors (Lipinski definition) is 3. The Balaban J connectivity index is 3.70. The van der Waals surface area contributed by atoms with Crippen LogP contribution in [0.25, 0.3) is 0 Å². The maximum Gasteiger partial charge on any atom is 0.390 e. The quantitative estimate of drug-likeness (QED) is 0.207. The van der Waals surface area contributed by atoms with Crippen LogP contribution in [0.15, 0.2) is 4.99 Å². The first-order valence-electron chi connectivity index (χ1n) is 5.39. The molecule has 0 aromatic rings. The second kappa shape index (κ2) is 9.06. The molecule has 0 saturated carbocycles. The highest BCUT2D eigenvalue weighted by Crippen LogP contribution is 2.17. The number of nitrogens with zero attached hydrogens (tertiary/aromatic N) is 1. The van der Waals surface area contributed by atoms with Crippen LogP contribution < -0.4 is 16.6 Å². The molecular weight excluding hydrogens is 237 g/mol. The van der Waals surface area contributed by atoms with E-state index in [-0.39, 0.29) is 12.5 Å². The van der Waals surface area contributed by atoms with Crippen LogP contribution in [0.3, 0.4) is 0 Å². The van der Waals surface area contributed by atoms with Crippen LogP contribution in [-0.4, -0.2) is 38.4 Å². The molecule has 0 unspecified atom stereocenters. The minimum Gasteiger partial charge on any atom is -0.382 e. The molecule has 0 bridgehead atoms. The zero-order valence-electron chi connectivity index (χ0n) is 9.81. The second-order valence-electron chi connectivity index (χ2n) is 3.22. The van der Waals surface area contributed by atoms with E-state index in [9.17, 15) is 13.2 Å². The molecule has 0 aliphatic heterocycles. The third kappa shape index (κ3) is 11.2. The molecule has 0 aliphatic rings. The monoisotopic (exact) mass is 256 g/mol. The van der Waals surface area contributed by atoms with E-state index in [4.69, 9.17) is 10.6 Å². The predicted molar refractivity (Wildman–Crippen MR) is 59.4 cm³/mol. The summed E-state index contributed by atoms with van der Waals surface area (Å²) in [6.45, 7) is 3.28. The SMILES string of the molecule is CCOCCCN=C(NN)NCCC(F)(F)F. The van der Waals surface area contributed by atoms with E-state index in [1.54, 1.807) is 0 Å². The molecule has 0 radical (unpaired) electrons. The lowest BCUT2D eigenvalue weighted by atomic mass is 10.4. The highest BCUT2D eigenvalue weighted by Gasteiger charge is 2.26. The molecule has 0 aromatic carbocycles. The van der Waals surface area contributed by atoms with Crippen LogP contribution in [0.4, 0.5) is 13.2 Å². The summed E-state index contributed by atoms with van der Waals surface area (Å²) < 4.78 is 40.6. The molecule has 0 fully saturated rings. The molecule has 0 spiro atoms. The van der Waals surface area contributed by atoms with Gasteiger partial charge in [-0.1, -0.05) is 0 Å². The molecule has 0 saturated heterocycles. The summed E-state index contributed by atoms with van der Waals surface area (Å²) in [6, 6.07) is 0. The van der Waals surface area contributed by atoms with Gasteiger partial charge in [-0.2, -0.15) is 13.2 Å². The highest BCUT2D eigenvalue weighted by molar-refractivity contribution is 5.79. The molecule has 0 amide bonds. The number of nitrogens with two attached hydrogens (primary N) is 1. The Bertz CT molecular complexity index is 221. The normalized spacial score (nSPS) is 12.6. The Hall–Kier alpha value is -1.02. The summed E-state index contributed by atoms with van der Waals surface area (Å²) >= 11 is 0. The molecule has 0 aromatic heterocycles. The van der Waals surface area contributed by atoms with Crippen LogP contribution in [0.5, 0.6) is 0 Å². The molecular formula is C9H19F3N4O. The number of hydrogen-bond acceptors (Lipinski definition) is 3. The van der Waals surface area contributed by atoms with Gasteiger partial charge in [-0.25, -0.2) is 5.84 Å². The van der Waals surface area contributed by atoms with E-state index in [2.05, 4.69) is 15.7 Å². The molecule has 5 nitrogen and oxygen atoms in total. The van der Waals surface area contributed by atoms with E-state index in [1.807, 2.05) is 6.92 Å². The van der Waals surface area contributed by atoms with Gasteiger partial charge in [-0.05, 0) is 13.3 Å². The van der Waals surface area contributed by atoms with Gasteiger partial charge in [0.25, 0.3) is 0 Å². The van der Waals surface area contributed by atoms with E-state index >= 15 is 0 Å². The van der Waals surface area contributed by atoms with Crippen molar-refractivity contribution in [2.24, 2.45) is 10.8 Å². The van der Waals surface area contributed by atoms with Crippen molar-refractivity contribution < 1.29 is 17.9 Å². The van der Waals surface area contributed by atoms with Crippen molar-refractivity contribution in [3.05, 3.63) is 0 Å². The Kier molecular flexibility index (Phi) is 8.51. The molecule has 4 N–H and O–H groups in total. The number of ether oxygens (including phenoxy) is 1. The molecule has 102 valence electrons. The van der Waals surface area contributed by atoms with Crippen molar-refractivity contribution in [1.29, 1.82) is 0 Å². The maximum absolute atomic E-state index is 11.9. The maximum atomic E-state index is 11.9. The summed E-state index contributed by atoms with van der Waals surface area (Å²) in [5, 5.41) is 2.47. The number of aliphatic imine (C=N–C) groups is 1. The predicted octanol–water partition coefficient (Wildman–Crippen LogP) is 0.774. The Morgan fingerprint density at radius 1 is 1.41 bits per heavy atom. The van der Waals surface area contributed by atoms with Crippen molar-refractivity contribution in [2.45, 2.75) is 25.9 Å².